The van der Waals surface area contributed by atoms with Gasteiger partial charge in [0.05, 0.1) is 17.2 Å². The van der Waals surface area contributed by atoms with E-state index in [0.717, 1.165) is 41.4 Å². The lowest BCUT2D eigenvalue weighted by Gasteiger charge is -2.09. The van der Waals surface area contributed by atoms with Gasteiger partial charge in [0, 0.05) is 23.7 Å². The molecule has 2 N–H and O–H groups in total. The number of hydrogen-bond acceptors (Lipinski definition) is 2. The zero-order valence-corrected chi connectivity index (χ0v) is 12.2. The summed E-state index contributed by atoms with van der Waals surface area (Å²) in [5, 5.41) is 20.0. The lowest BCUT2D eigenvalue weighted by Crippen LogP contribution is -2.01. The molecule has 2 aromatic rings. The molecule has 0 aliphatic rings. The summed E-state index contributed by atoms with van der Waals surface area (Å²) in [6, 6.07) is 3.41. The Hall–Kier alpha value is -1.81. The van der Waals surface area contributed by atoms with Gasteiger partial charge >= 0.3 is 5.97 Å². The molecule has 0 aliphatic carbocycles. The number of aromatic carboxylic acids is 1. The maximum Gasteiger partial charge on any atom is 0.335 e. The summed E-state index contributed by atoms with van der Waals surface area (Å²) in [7, 11) is 0. The van der Waals surface area contributed by atoms with Crippen molar-refractivity contribution >= 4 is 16.9 Å². The van der Waals surface area contributed by atoms with Crippen LogP contribution in [0.5, 0.6) is 0 Å². The molecule has 0 amide bonds. The SMILES string of the molecule is CCCn1cc(C(C)O)c2cc(C(=O)O)cc(CC)c21. The van der Waals surface area contributed by atoms with Crippen LogP contribution in [-0.2, 0) is 13.0 Å². The standard InChI is InChI=1S/C16H21NO3/c1-4-6-17-9-14(10(3)18)13-8-12(16(19)20)7-11(5-2)15(13)17/h7-10,18H,4-6H2,1-3H3,(H,19,20). The Bertz CT molecular complexity index is 641. The third-order valence-corrected chi connectivity index (χ3v) is 3.62. The summed E-state index contributed by atoms with van der Waals surface area (Å²) in [6.07, 6.45) is 3.10. The molecule has 1 atom stereocenters. The van der Waals surface area contributed by atoms with Crippen LogP contribution >= 0.6 is 0 Å². The van der Waals surface area contributed by atoms with Crippen molar-refractivity contribution in [2.45, 2.75) is 46.3 Å². The van der Waals surface area contributed by atoms with Gasteiger partial charge in [-0.25, -0.2) is 4.79 Å². The summed E-state index contributed by atoms with van der Waals surface area (Å²) < 4.78 is 2.13. The number of carboxylic acids is 1. The number of rotatable bonds is 5. The smallest absolute Gasteiger partial charge is 0.335 e. The van der Waals surface area contributed by atoms with E-state index in [1.807, 2.05) is 13.1 Å². The van der Waals surface area contributed by atoms with Gasteiger partial charge in [-0.1, -0.05) is 13.8 Å². The molecule has 108 valence electrons. The van der Waals surface area contributed by atoms with Gasteiger partial charge in [-0.3, -0.25) is 0 Å². The molecule has 1 unspecified atom stereocenters. The minimum atomic E-state index is -0.929. The first kappa shape index (κ1) is 14.6. The summed E-state index contributed by atoms with van der Waals surface area (Å²) in [5.74, 6) is -0.929. The molecule has 0 saturated heterocycles. The van der Waals surface area contributed by atoms with E-state index >= 15 is 0 Å². The van der Waals surface area contributed by atoms with Crippen LogP contribution in [0.2, 0.25) is 0 Å². The van der Waals surface area contributed by atoms with Crippen LogP contribution in [0.3, 0.4) is 0 Å². The fourth-order valence-corrected chi connectivity index (χ4v) is 2.70. The largest absolute Gasteiger partial charge is 0.478 e. The molecule has 4 heteroatoms. The first-order valence-electron chi connectivity index (χ1n) is 7.06. The van der Waals surface area contributed by atoms with E-state index in [1.54, 1.807) is 19.1 Å². The van der Waals surface area contributed by atoms with E-state index in [2.05, 4.69) is 11.5 Å². The van der Waals surface area contributed by atoms with Gasteiger partial charge in [-0.15, -0.1) is 0 Å². The van der Waals surface area contributed by atoms with E-state index in [4.69, 9.17) is 0 Å². The molecular weight excluding hydrogens is 254 g/mol. The second-order valence-electron chi connectivity index (χ2n) is 5.14. The van der Waals surface area contributed by atoms with Crippen molar-refractivity contribution in [3.05, 3.63) is 35.0 Å². The Balaban J connectivity index is 2.81. The number of benzene rings is 1. The number of aliphatic hydroxyl groups excluding tert-OH is 1. The Morgan fingerprint density at radius 1 is 1.35 bits per heavy atom. The van der Waals surface area contributed by atoms with Crippen LogP contribution in [0, 0.1) is 0 Å². The fraction of sp³-hybridized carbons (Fsp3) is 0.438. The average molecular weight is 275 g/mol. The van der Waals surface area contributed by atoms with Gasteiger partial charge in [0.2, 0.25) is 0 Å². The van der Waals surface area contributed by atoms with E-state index in [-0.39, 0.29) is 5.56 Å². The highest BCUT2D eigenvalue weighted by molar-refractivity contribution is 5.96. The number of fused-ring (bicyclic) bond motifs is 1. The highest BCUT2D eigenvalue weighted by atomic mass is 16.4. The van der Waals surface area contributed by atoms with Gasteiger partial charge < -0.3 is 14.8 Å². The fourth-order valence-electron chi connectivity index (χ4n) is 2.70. The van der Waals surface area contributed by atoms with Crippen LogP contribution in [0.4, 0.5) is 0 Å². The van der Waals surface area contributed by atoms with E-state index in [1.165, 1.54) is 0 Å². The van der Waals surface area contributed by atoms with Crippen LogP contribution in [-0.4, -0.2) is 20.7 Å². The molecule has 1 aromatic carbocycles. The van der Waals surface area contributed by atoms with Crippen LogP contribution in [0.15, 0.2) is 18.3 Å². The molecule has 0 bridgehead atoms. The maximum atomic E-state index is 11.3. The van der Waals surface area contributed by atoms with Gasteiger partial charge in [-0.05, 0) is 37.5 Å². The third kappa shape index (κ3) is 2.43. The maximum absolute atomic E-state index is 11.3. The number of aliphatic hydroxyl groups is 1. The minimum absolute atomic E-state index is 0.283. The van der Waals surface area contributed by atoms with Crippen molar-refractivity contribution in [3.63, 3.8) is 0 Å². The Labute approximate surface area is 118 Å². The number of carboxylic acid groups (broad SMARTS) is 1. The molecule has 0 aliphatic heterocycles. The summed E-state index contributed by atoms with van der Waals surface area (Å²) in [6.45, 7) is 6.70. The van der Waals surface area contributed by atoms with Crippen LogP contribution < -0.4 is 0 Å². The number of nitrogens with zero attached hydrogens (tertiary/aromatic N) is 1. The predicted molar refractivity (Wildman–Crippen MR) is 79.2 cm³/mol. The molecule has 1 aromatic heterocycles. The first-order chi connectivity index (χ1) is 9.49. The number of carbonyl (C=O) groups is 1. The predicted octanol–water partition coefficient (Wildman–Crippen LogP) is 3.37. The number of hydrogen-bond donors (Lipinski definition) is 2. The highest BCUT2D eigenvalue weighted by Gasteiger charge is 2.17. The van der Waals surface area contributed by atoms with Gasteiger partial charge in [-0.2, -0.15) is 0 Å². The summed E-state index contributed by atoms with van der Waals surface area (Å²) >= 11 is 0. The van der Waals surface area contributed by atoms with Crippen molar-refractivity contribution in [1.29, 1.82) is 0 Å². The highest BCUT2D eigenvalue weighted by Crippen LogP contribution is 2.31. The van der Waals surface area contributed by atoms with E-state index < -0.39 is 12.1 Å². The average Bonchev–Trinajstić information content (AvgIpc) is 2.77. The van der Waals surface area contributed by atoms with Gasteiger partial charge in [0.1, 0.15) is 0 Å². The van der Waals surface area contributed by atoms with E-state index in [9.17, 15) is 15.0 Å². The summed E-state index contributed by atoms with van der Waals surface area (Å²) in [5.41, 5.74) is 3.15. The van der Waals surface area contributed by atoms with Crippen LogP contribution in [0.1, 0.15) is 54.8 Å². The van der Waals surface area contributed by atoms with E-state index in [0.29, 0.717) is 0 Å². The lowest BCUT2D eigenvalue weighted by molar-refractivity contribution is 0.0697. The van der Waals surface area contributed by atoms with Crippen molar-refractivity contribution in [3.8, 4) is 0 Å². The second kappa shape index (κ2) is 5.67. The van der Waals surface area contributed by atoms with Crippen molar-refractivity contribution in [2.75, 3.05) is 0 Å². The molecule has 0 saturated carbocycles. The third-order valence-electron chi connectivity index (χ3n) is 3.62. The topological polar surface area (TPSA) is 62.5 Å². The molecule has 4 nitrogen and oxygen atoms in total. The quantitative estimate of drug-likeness (QED) is 0.879. The molecular formula is C16H21NO3. The van der Waals surface area contributed by atoms with Crippen LogP contribution in [0.25, 0.3) is 10.9 Å². The number of aryl methyl sites for hydroxylation is 2. The second-order valence-corrected chi connectivity index (χ2v) is 5.14. The van der Waals surface area contributed by atoms with Crippen molar-refractivity contribution < 1.29 is 15.0 Å². The number of aromatic nitrogens is 1. The first-order valence-corrected chi connectivity index (χ1v) is 7.06. The molecule has 20 heavy (non-hydrogen) atoms. The zero-order chi connectivity index (χ0) is 14.9. The minimum Gasteiger partial charge on any atom is -0.478 e. The molecule has 0 fully saturated rings. The Morgan fingerprint density at radius 3 is 2.55 bits per heavy atom. The molecule has 0 radical (unpaired) electrons. The summed E-state index contributed by atoms with van der Waals surface area (Å²) in [4.78, 5) is 11.3. The van der Waals surface area contributed by atoms with Gasteiger partial charge in [0.15, 0.2) is 0 Å². The molecule has 1 heterocycles. The monoisotopic (exact) mass is 275 g/mol. The Morgan fingerprint density at radius 2 is 2.05 bits per heavy atom. The molecule has 2 rings (SSSR count). The zero-order valence-electron chi connectivity index (χ0n) is 12.2. The lowest BCUT2D eigenvalue weighted by atomic mass is 10.0. The normalized spacial score (nSPS) is 12.8. The van der Waals surface area contributed by atoms with Gasteiger partial charge in [0.25, 0.3) is 0 Å². The van der Waals surface area contributed by atoms with Crippen molar-refractivity contribution in [1.82, 2.24) is 4.57 Å². The molecule has 0 spiro atoms. The Kier molecular flexibility index (Phi) is 4.14. The van der Waals surface area contributed by atoms with Crippen molar-refractivity contribution in [2.24, 2.45) is 0 Å².